The number of thiophene rings is 1. The van der Waals surface area contributed by atoms with Crippen molar-refractivity contribution >= 4 is 102 Å². The number of hydrogen-bond donors (Lipinski definition) is 0. The summed E-state index contributed by atoms with van der Waals surface area (Å²) in [5, 5.41) is 6.87. The van der Waals surface area contributed by atoms with Crippen molar-refractivity contribution in [1.82, 2.24) is 15.0 Å². The summed E-state index contributed by atoms with van der Waals surface area (Å²) in [6, 6.07) is 58.4. The quantitative estimate of drug-likeness (QED) is 0.170. The third-order valence-electron chi connectivity index (χ3n) is 9.97. The van der Waals surface area contributed by atoms with Crippen molar-refractivity contribution in [1.29, 1.82) is 0 Å². The van der Waals surface area contributed by atoms with Crippen molar-refractivity contribution < 1.29 is 0 Å². The lowest BCUT2D eigenvalue weighted by molar-refractivity contribution is 1.29. The largest absolute Gasteiger partial charge is 0.310 e. The van der Waals surface area contributed by atoms with E-state index >= 15 is 0 Å². The number of para-hydroxylation sites is 2. The Labute approximate surface area is 322 Å². The first-order valence-corrected chi connectivity index (χ1v) is 20.2. The molecule has 0 amide bonds. The molecule has 254 valence electrons. The van der Waals surface area contributed by atoms with Gasteiger partial charge in [-0.25, -0.2) is 9.97 Å². The van der Waals surface area contributed by atoms with E-state index in [1.165, 1.54) is 40.3 Å². The van der Waals surface area contributed by atoms with E-state index in [0.717, 1.165) is 60.5 Å². The number of fused-ring (bicyclic) bond motifs is 6. The summed E-state index contributed by atoms with van der Waals surface area (Å²) in [5.41, 5.74) is 9.62. The first-order chi connectivity index (χ1) is 26.7. The van der Waals surface area contributed by atoms with Gasteiger partial charge in [0.15, 0.2) is 0 Å². The standard InChI is InChI=1S/C47H28N4S3/c1-4-10-42-37(7-1)38-28-48-41(27-45(38)52-42)33-14-13-32-26-36(24-19-31(32)25-33)51(34-20-15-29(16-21-34)46-49-39-8-2-5-11-43(39)53-46)35-22-17-30(18-23-35)47-50-40-9-3-6-12-44(40)54-47/h1-28H. The van der Waals surface area contributed by atoms with Gasteiger partial charge in [0.05, 0.1) is 26.1 Å². The number of anilines is 3. The normalized spacial score (nSPS) is 11.7. The van der Waals surface area contributed by atoms with Crippen LogP contribution >= 0.6 is 34.0 Å². The molecule has 0 aliphatic carbocycles. The average molecular weight is 745 g/mol. The fourth-order valence-electron chi connectivity index (χ4n) is 7.25. The Balaban J connectivity index is 0.972. The molecule has 4 heterocycles. The molecule has 0 aliphatic rings. The zero-order valence-corrected chi connectivity index (χ0v) is 31.1. The van der Waals surface area contributed by atoms with Gasteiger partial charge in [-0.1, -0.05) is 60.7 Å². The maximum absolute atomic E-state index is 4.91. The summed E-state index contributed by atoms with van der Waals surface area (Å²) in [7, 11) is 0. The molecule has 0 spiro atoms. The van der Waals surface area contributed by atoms with Crippen LogP contribution in [0.5, 0.6) is 0 Å². The van der Waals surface area contributed by atoms with E-state index in [2.05, 4.69) is 157 Å². The summed E-state index contributed by atoms with van der Waals surface area (Å²) in [6.45, 7) is 0. The summed E-state index contributed by atoms with van der Waals surface area (Å²) in [4.78, 5) is 17.1. The lowest BCUT2D eigenvalue weighted by Gasteiger charge is -2.26. The number of nitrogens with zero attached hydrogens (tertiary/aromatic N) is 4. The molecule has 0 saturated heterocycles. The molecule has 0 N–H and O–H groups in total. The zero-order valence-electron chi connectivity index (χ0n) is 28.7. The van der Waals surface area contributed by atoms with Crippen LogP contribution in [0.4, 0.5) is 17.1 Å². The Bertz CT molecular complexity index is 2990. The third-order valence-corrected chi connectivity index (χ3v) is 13.3. The van der Waals surface area contributed by atoms with Crippen LogP contribution in [-0.4, -0.2) is 15.0 Å². The van der Waals surface area contributed by atoms with Gasteiger partial charge in [-0.2, -0.15) is 0 Å². The Morgan fingerprint density at radius 1 is 0.389 bits per heavy atom. The monoisotopic (exact) mass is 744 g/mol. The van der Waals surface area contributed by atoms with Crippen LogP contribution in [0.15, 0.2) is 170 Å². The Morgan fingerprint density at radius 2 is 0.926 bits per heavy atom. The Hall–Kier alpha value is -6.25. The highest BCUT2D eigenvalue weighted by molar-refractivity contribution is 7.25. The van der Waals surface area contributed by atoms with E-state index in [4.69, 9.17) is 15.0 Å². The van der Waals surface area contributed by atoms with Crippen molar-refractivity contribution in [2.45, 2.75) is 0 Å². The van der Waals surface area contributed by atoms with E-state index in [1.54, 1.807) is 22.7 Å². The minimum Gasteiger partial charge on any atom is -0.310 e. The van der Waals surface area contributed by atoms with Gasteiger partial charge in [0.25, 0.3) is 0 Å². The fraction of sp³-hybridized carbons (Fsp3) is 0. The van der Waals surface area contributed by atoms with Crippen LogP contribution in [0.2, 0.25) is 0 Å². The number of hydrogen-bond acceptors (Lipinski definition) is 7. The van der Waals surface area contributed by atoms with Gasteiger partial charge in [-0.05, 0) is 114 Å². The van der Waals surface area contributed by atoms with Crippen molar-refractivity contribution in [3.05, 3.63) is 170 Å². The highest BCUT2D eigenvalue weighted by Crippen LogP contribution is 2.41. The molecule has 7 heteroatoms. The summed E-state index contributed by atoms with van der Waals surface area (Å²) in [6.07, 6.45) is 2.03. The molecule has 0 bridgehead atoms. The summed E-state index contributed by atoms with van der Waals surface area (Å²) >= 11 is 5.28. The number of benzene rings is 7. The average Bonchev–Trinajstić information content (AvgIpc) is 3.96. The lowest BCUT2D eigenvalue weighted by atomic mass is 10.0. The predicted molar refractivity (Wildman–Crippen MR) is 232 cm³/mol. The van der Waals surface area contributed by atoms with Crippen LogP contribution in [0.25, 0.3) is 83.8 Å². The second kappa shape index (κ2) is 12.7. The third kappa shape index (κ3) is 5.44. The van der Waals surface area contributed by atoms with E-state index in [1.807, 2.05) is 29.7 Å². The second-order valence-electron chi connectivity index (χ2n) is 13.3. The summed E-state index contributed by atoms with van der Waals surface area (Å²) < 4.78 is 4.94. The van der Waals surface area contributed by atoms with Gasteiger partial charge < -0.3 is 4.90 Å². The molecule has 4 aromatic heterocycles. The van der Waals surface area contributed by atoms with E-state index in [0.29, 0.717) is 0 Å². The molecule has 4 nitrogen and oxygen atoms in total. The van der Waals surface area contributed by atoms with Gasteiger partial charge >= 0.3 is 0 Å². The molecular weight excluding hydrogens is 717 g/mol. The first-order valence-electron chi connectivity index (χ1n) is 17.7. The summed E-state index contributed by atoms with van der Waals surface area (Å²) in [5.74, 6) is 0. The van der Waals surface area contributed by atoms with Crippen molar-refractivity contribution in [3.63, 3.8) is 0 Å². The molecule has 0 aliphatic heterocycles. The van der Waals surface area contributed by atoms with Crippen molar-refractivity contribution in [2.75, 3.05) is 4.90 Å². The second-order valence-corrected chi connectivity index (χ2v) is 16.5. The SMILES string of the molecule is c1ccc2sc(-c3ccc(N(c4ccc(-c5nc6ccccc6s5)cc4)c4ccc5cc(-c6cc7sc8ccccc8c7cn6)ccc5c4)cc3)nc2c1. The molecule has 0 atom stereocenters. The maximum atomic E-state index is 4.91. The van der Waals surface area contributed by atoms with Gasteiger partial charge in [0.1, 0.15) is 10.0 Å². The molecule has 7 aromatic carbocycles. The number of aromatic nitrogens is 3. The molecular formula is C47H28N4S3. The zero-order chi connectivity index (χ0) is 35.6. The van der Waals surface area contributed by atoms with Gasteiger partial charge in [-0.15, -0.1) is 34.0 Å². The van der Waals surface area contributed by atoms with E-state index in [-0.39, 0.29) is 0 Å². The fourth-order valence-corrected chi connectivity index (χ4v) is 10.3. The van der Waals surface area contributed by atoms with Gasteiger partial charge in [0, 0.05) is 60.1 Å². The number of pyridine rings is 1. The number of rotatable bonds is 6. The highest BCUT2D eigenvalue weighted by Gasteiger charge is 2.16. The maximum Gasteiger partial charge on any atom is 0.124 e. The highest BCUT2D eigenvalue weighted by atomic mass is 32.1. The molecule has 54 heavy (non-hydrogen) atoms. The van der Waals surface area contributed by atoms with Crippen LogP contribution in [0.1, 0.15) is 0 Å². The smallest absolute Gasteiger partial charge is 0.124 e. The number of thiazole rings is 2. The minimum absolute atomic E-state index is 0.989. The molecule has 0 unspecified atom stereocenters. The minimum atomic E-state index is 0.989. The molecule has 0 fully saturated rings. The van der Waals surface area contributed by atoms with Crippen molar-refractivity contribution in [2.24, 2.45) is 0 Å². The molecule has 0 saturated carbocycles. The van der Waals surface area contributed by atoms with E-state index < -0.39 is 0 Å². The lowest BCUT2D eigenvalue weighted by Crippen LogP contribution is -2.09. The van der Waals surface area contributed by atoms with Crippen LogP contribution in [0.3, 0.4) is 0 Å². The molecule has 11 aromatic rings. The van der Waals surface area contributed by atoms with Crippen molar-refractivity contribution in [3.8, 4) is 32.4 Å². The topological polar surface area (TPSA) is 41.9 Å². The van der Waals surface area contributed by atoms with Crippen LogP contribution in [-0.2, 0) is 0 Å². The Kier molecular flexibility index (Phi) is 7.36. The molecule has 11 rings (SSSR count). The first kappa shape index (κ1) is 31.3. The van der Waals surface area contributed by atoms with Crippen LogP contribution < -0.4 is 4.90 Å². The van der Waals surface area contributed by atoms with Crippen LogP contribution in [0, 0.1) is 0 Å². The van der Waals surface area contributed by atoms with E-state index in [9.17, 15) is 0 Å². The predicted octanol–water partition coefficient (Wildman–Crippen LogP) is 14.3. The molecule has 0 radical (unpaired) electrons. The van der Waals surface area contributed by atoms with Gasteiger partial charge in [0.2, 0.25) is 0 Å². The Morgan fingerprint density at radius 3 is 1.57 bits per heavy atom. The van der Waals surface area contributed by atoms with Gasteiger partial charge in [-0.3, -0.25) is 4.98 Å².